The molecule has 0 unspecified atom stereocenters. The molecule has 0 saturated heterocycles. The number of hydrogen-bond acceptors (Lipinski definition) is 6. The van der Waals surface area contributed by atoms with Gasteiger partial charge in [0, 0.05) is 13.1 Å². The molecule has 0 radical (unpaired) electrons. The molecule has 1 amide bonds. The van der Waals surface area contributed by atoms with Crippen molar-refractivity contribution in [3.63, 3.8) is 0 Å². The smallest absolute Gasteiger partial charge is 0.332 e. The summed E-state index contributed by atoms with van der Waals surface area (Å²) in [6.07, 6.45) is 0.655. The van der Waals surface area contributed by atoms with Crippen molar-refractivity contribution < 1.29 is 14.3 Å². The Bertz CT molecular complexity index is 1160. The van der Waals surface area contributed by atoms with Crippen LogP contribution in [0.4, 0.5) is 0 Å². The molecule has 1 aliphatic heterocycles. The minimum atomic E-state index is -0.462. The summed E-state index contributed by atoms with van der Waals surface area (Å²) in [6, 6.07) is 7.15. The zero-order chi connectivity index (χ0) is 19.7. The van der Waals surface area contributed by atoms with Crippen LogP contribution in [-0.2, 0) is 24.4 Å². The molecule has 0 bridgehead atoms. The van der Waals surface area contributed by atoms with Crippen LogP contribution < -0.4 is 26.0 Å². The number of benzene rings is 1. The van der Waals surface area contributed by atoms with Crippen molar-refractivity contribution in [1.29, 1.82) is 0 Å². The number of carbonyl (C=O) groups excluding carboxylic acids is 1. The first-order valence-corrected chi connectivity index (χ1v) is 9.82. The maximum Gasteiger partial charge on any atom is 0.332 e. The number of nitrogens with zero attached hydrogens (tertiary/aromatic N) is 2. The lowest BCUT2D eigenvalue weighted by Gasteiger charge is -2.12. The maximum atomic E-state index is 12.7. The van der Waals surface area contributed by atoms with E-state index in [-0.39, 0.29) is 24.8 Å². The van der Waals surface area contributed by atoms with Gasteiger partial charge in [0.2, 0.25) is 12.7 Å². The lowest BCUT2D eigenvalue weighted by molar-refractivity contribution is -0.121. The SMILES string of the molecule is CCCn1c(=O)c2sccc2n(CC(=O)NCc2ccc3c(c2)OCO3)c1=O. The number of amides is 1. The summed E-state index contributed by atoms with van der Waals surface area (Å²) < 4.78 is 13.6. The van der Waals surface area contributed by atoms with Crippen molar-refractivity contribution in [2.75, 3.05) is 6.79 Å². The minimum Gasteiger partial charge on any atom is -0.454 e. The number of aromatic nitrogens is 2. The molecule has 2 aromatic heterocycles. The Morgan fingerprint density at radius 1 is 1.18 bits per heavy atom. The molecular formula is C19H19N3O5S. The van der Waals surface area contributed by atoms with Crippen LogP contribution in [0.5, 0.6) is 11.5 Å². The normalized spacial score (nSPS) is 12.5. The molecule has 4 rings (SSSR count). The second kappa shape index (κ2) is 7.51. The quantitative estimate of drug-likeness (QED) is 0.679. The molecule has 0 spiro atoms. The average Bonchev–Trinajstić information content (AvgIpc) is 3.35. The van der Waals surface area contributed by atoms with E-state index in [1.54, 1.807) is 17.5 Å². The Kier molecular flexibility index (Phi) is 4.91. The van der Waals surface area contributed by atoms with E-state index in [1.807, 2.05) is 19.1 Å². The Labute approximate surface area is 163 Å². The van der Waals surface area contributed by atoms with E-state index >= 15 is 0 Å². The van der Waals surface area contributed by atoms with Gasteiger partial charge in [-0.3, -0.25) is 18.7 Å². The van der Waals surface area contributed by atoms with Gasteiger partial charge < -0.3 is 14.8 Å². The molecular weight excluding hydrogens is 382 g/mol. The Morgan fingerprint density at radius 3 is 2.82 bits per heavy atom. The number of fused-ring (bicyclic) bond motifs is 2. The number of nitrogens with one attached hydrogen (secondary N) is 1. The lowest BCUT2D eigenvalue weighted by atomic mass is 10.2. The van der Waals surface area contributed by atoms with Crippen LogP contribution in [-0.4, -0.2) is 21.8 Å². The van der Waals surface area contributed by atoms with Gasteiger partial charge in [-0.2, -0.15) is 0 Å². The molecule has 8 nitrogen and oxygen atoms in total. The number of hydrogen-bond donors (Lipinski definition) is 1. The van der Waals surface area contributed by atoms with Gasteiger partial charge in [-0.25, -0.2) is 4.79 Å². The first-order valence-electron chi connectivity index (χ1n) is 8.94. The summed E-state index contributed by atoms with van der Waals surface area (Å²) in [6.45, 7) is 2.56. The summed E-state index contributed by atoms with van der Waals surface area (Å²) in [5, 5.41) is 4.56. The molecule has 0 atom stereocenters. The van der Waals surface area contributed by atoms with Gasteiger partial charge in [-0.05, 0) is 35.6 Å². The van der Waals surface area contributed by atoms with Gasteiger partial charge in [0.05, 0.1) is 5.52 Å². The average molecular weight is 401 g/mol. The fourth-order valence-corrected chi connectivity index (χ4v) is 4.00. The van der Waals surface area contributed by atoms with Crippen molar-refractivity contribution >= 4 is 27.5 Å². The van der Waals surface area contributed by atoms with Gasteiger partial charge in [0.15, 0.2) is 11.5 Å². The molecule has 0 aliphatic carbocycles. The molecule has 0 fully saturated rings. The van der Waals surface area contributed by atoms with E-state index in [9.17, 15) is 14.4 Å². The molecule has 28 heavy (non-hydrogen) atoms. The molecule has 3 aromatic rings. The summed E-state index contributed by atoms with van der Waals surface area (Å²) in [5.41, 5.74) is 0.594. The molecule has 1 aromatic carbocycles. The highest BCUT2D eigenvalue weighted by Gasteiger charge is 2.17. The second-order valence-corrected chi connectivity index (χ2v) is 7.34. The first kappa shape index (κ1) is 18.3. The van der Waals surface area contributed by atoms with E-state index in [0.29, 0.717) is 41.2 Å². The Morgan fingerprint density at radius 2 is 2.00 bits per heavy atom. The van der Waals surface area contributed by atoms with E-state index in [2.05, 4.69) is 5.32 Å². The van der Waals surface area contributed by atoms with E-state index in [4.69, 9.17) is 9.47 Å². The third-order valence-electron chi connectivity index (χ3n) is 4.51. The zero-order valence-corrected chi connectivity index (χ0v) is 16.1. The lowest BCUT2D eigenvalue weighted by Crippen LogP contribution is -2.42. The van der Waals surface area contributed by atoms with Gasteiger partial charge >= 0.3 is 5.69 Å². The third-order valence-corrected chi connectivity index (χ3v) is 5.40. The van der Waals surface area contributed by atoms with Gasteiger partial charge in [-0.1, -0.05) is 13.0 Å². The van der Waals surface area contributed by atoms with Crippen molar-refractivity contribution in [2.45, 2.75) is 33.0 Å². The molecule has 1 N–H and O–H groups in total. The fraction of sp³-hybridized carbons (Fsp3) is 0.316. The predicted molar refractivity (Wildman–Crippen MR) is 105 cm³/mol. The van der Waals surface area contributed by atoms with E-state index in [1.165, 1.54) is 20.5 Å². The monoisotopic (exact) mass is 401 g/mol. The minimum absolute atomic E-state index is 0.152. The molecule has 0 saturated carbocycles. The largest absolute Gasteiger partial charge is 0.454 e. The van der Waals surface area contributed by atoms with Gasteiger partial charge in [0.1, 0.15) is 11.2 Å². The van der Waals surface area contributed by atoms with Crippen LogP contribution in [0.1, 0.15) is 18.9 Å². The number of ether oxygens (including phenoxy) is 2. The van der Waals surface area contributed by atoms with Crippen molar-refractivity contribution in [2.24, 2.45) is 0 Å². The number of thiophene rings is 1. The van der Waals surface area contributed by atoms with Crippen molar-refractivity contribution in [3.05, 3.63) is 56.0 Å². The summed E-state index contributed by atoms with van der Waals surface area (Å²) in [7, 11) is 0. The predicted octanol–water partition coefficient (Wildman–Crippen LogP) is 1.68. The van der Waals surface area contributed by atoms with Crippen molar-refractivity contribution in [1.82, 2.24) is 14.5 Å². The van der Waals surface area contributed by atoms with Crippen molar-refractivity contribution in [3.8, 4) is 11.5 Å². The summed E-state index contributed by atoms with van der Waals surface area (Å²) in [5.74, 6) is 1.02. The number of carbonyl (C=O) groups is 1. The molecule has 1 aliphatic rings. The second-order valence-electron chi connectivity index (χ2n) is 6.42. The first-order chi connectivity index (χ1) is 13.6. The Hall–Kier alpha value is -3.07. The Balaban J connectivity index is 1.54. The summed E-state index contributed by atoms with van der Waals surface area (Å²) >= 11 is 1.27. The van der Waals surface area contributed by atoms with E-state index < -0.39 is 5.69 Å². The van der Waals surface area contributed by atoms with Crippen LogP contribution in [0.3, 0.4) is 0 Å². The summed E-state index contributed by atoms with van der Waals surface area (Å²) in [4.78, 5) is 37.7. The standard InChI is InChI=1S/C19H19N3O5S/c1-2-6-21-18(24)17-13(5-7-28-17)22(19(21)25)10-16(23)20-9-12-3-4-14-15(8-12)27-11-26-14/h3-5,7-8H,2,6,9-11H2,1H3,(H,20,23). The van der Waals surface area contributed by atoms with Gasteiger partial charge in [0.25, 0.3) is 5.56 Å². The maximum absolute atomic E-state index is 12.7. The van der Waals surface area contributed by atoms with E-state index in [0.717, 1.165) is 5.56 Å². The molecule has 3 heterocycles. The van der Waals surface area contributed by atoms with Crippen LogP contribution >= 0.6 is 11.3 Å². The molecule has 9 heteroatoms. The highest BCUT2D eigenvalue weighted by Crippen LogP contribution is 2.32. The highest BCUT2D eigenvalue weighted by molar-refractivity contribution is 7.17. The number of rotatable bonds is 6. The third kappa shape index (κ3) is 3.29. The molecule has 146 valence electrons. The topological polar surface area (TPSA) is 91.6 Å². The fourth-order valence-electron chi connectivity index (χ4n) is 3.16. The van der Waals surface area contributed by atoms with Crippen LogP contribution in [0.2, 0.25) is 0 Å². The van der Waals surface area contributed by atoms with Crippen LogP contribution in [0, 0.1) is 0 Å². The van der Waals surface area contributed by atoms with Crippen LogP contribution in [0.15, 0.2) is 39.2 Å². The zero-order valence-electron chi connectivity index (χ0n) is 15.3. The van der Waals surface area contributed by atoms with Gasteiger partial charge in [-0.15, -0.1) is 11.3 Å². The highest BCUT2D eigenvalue weighted by atomic mass is 32.1. The van der Waals surface area contributed by atoms with Crippen LogP contribution in [0.25, 0.3) is 10.2 Å².